The van der Waals surface area contributed by atoms with E-state index in [2.05, 4.69) is 4.98 Å². The fourth-order valence-electron chi connectivity index (χ4n) is 2.90. The predicted octanol–water partition coefficient (Wildman–Crippen LogP) is 2.39. The van der Waals surface area contributed by atoms with E-state index in [4.69, 9.17) is 22.1 Å². The maximum absolute atomic E-state index is 13.7. The lowest BCUT2D eigenvalue weighted by molar-refractivity contribution is 0.0982. The number of rotatable bonds is 8. The van der Waals surface area contributed by atoms with Gasteiger partial charge in [-0.2, -0.15) is 0 Å². The van der Waals surface area contributed by atoms with E-state index in [9.17, 15) is 23.2 Å². The number of nitrogens with zero attached hydrogens (tertiary/aromatic N) is 2. The van der Waals surface area contributed by atoms with Crippen LogP contribution in [-0.4, -0.2) is 35.7 Å². The first-order valence-corrected chi connectivity index (χ1v) is 9.54. The second-order valence-electron chi connectivity index (χ2n) is 7.05. The van der Waals surface area contributed by atoms with Gasteiger partial charge in [-0.05, 0) is 24.5 Å². The second-order valence-corrected chi connectivity index (χ2v) is 7.45. The topological polar surface area (TPSA) is 110 Å². The highest BCUT2D eigenvalue weighted by Crippen LogP contribution is 2.25. The Bertz CT molecular complexity index is 1050. The Morgan fingerprint density at radius 3 is 2.53 bits per heavy atom. The molecule has 2 aromatic rings. The Hall–Kier alpha value is -2.72. The SMILES string of the molecule is COCCCN(C(=O)c1cc(F)c(F)cc1Cl)c1c(N)n(CC(C)C)c(=O)[nH]c1=O. The molecule has 3 N–H and O–H groups in total. The molecule has 0 aliphatic carbocycles. The number of anilines is 2. The molecule has 164 valence electrons. The predicted molar refractivity (Wildman–Crippen MR) is 110 cm³/mol. The van der Waals surface area contributed by atoms with Crippen LogP contribution in [0, 0.1) is 17.6 Å². The number of benzene rings is 1. The largest absolute Gasteiger partial charge is 0.385 e. The van der Waals surface area contributed by atoms with Gasteiger partial charge < -0.3 is 15.4 Å². The van der Waals surface area contributed by atoms with Crippen LogP contribution in [0.1, 0.15) is 30.6 Å². The average Bonchev–Trinajstić information content (AvgIpc) is 2.66. The van der Waals surface area contributed by atoms with Crippen molar-refractivity contribution in [3.8, 4) is 0 Å². The highest BCUT2D eigenvalue weighted by molar-refractivity contribution is 6.34. The number of ether oxygens (including phenoxy) is 1. The number of amides is 1. The number of carbonyl (C=O) groups is 1. The number of nitrogen functional groups attached to an aromatic ring is 1. The molecule has 0 fully saturated rings. The van der Waals surface area contributed by atoms with E-state index in [1.54, 1.807) is 0 Å². The third-order valence-electron chi connectivity index (χ3n) is 4.25. The van der Waals surface area contributed by atoms with E-state index in [-0.39, 0.29) is 47.7 Å². The highest BCUT2D eigenvalue weighted by atomic mass is 35.5. The van der Waals surface area contributed by atoms with Crippen LogP contribution in [0.25, 0.3) is 0 Å². The summed E-state index contributed by atoms with van der Waals surface area (Å²) >= 11 is 5.94. The molecule has 1 aromatic heterocycles. The molecule has 0 unspecified atom stereocenters. The van der Waals surface area contributed by atoms with E-state index < -0.39 is 28.8 Å². The molecule has 2 rings (SSSR count). The number of hydrogen-bond acceptors (Lipinski definition) is 5. The van der Waals surface area contributed by atoms with Gasteiger partial charge in [0, 0.05) is 26.8 Å². The van der Waals surface area contributed by atoms with Crippen LogP contribution >= 0.6 is 11.6 Å². The zero-order valence-corrected chi connectivity index (χ0v) is 17.6. The van der Waals surface area contributed by atoms with Crippen molar-refractivity contribution in [1.82, 2.24) is 9.55 Å². The fraction of sp³-hybridized carbons (Fsp3) is 0.421. The quantitative estimate of drug-likeness (QED) is 0.480. The lowest BCUT2D eigenvalue weighted by Gasteiger charge is -2.25. The van der Waals surface area contributed by atoms with Gasteiger partial charge in [0.2, 0.25) is 0 Å². The zero-order valence-electron chi connectivity index (χ0n) is 16.8. The van der Waals surface area contributed by atoms with Gasteiger partial charge in [0.05, 0.1) is 10.6 Å². The molecule has 1 heterocycles. The molecule has 0 aliphatic heterocycles. The minimum absolute atomic E-state index is 0.0158. The maximum Gasteiger partial charge on any atom is 0.330 e. The summed E-state index contributed by atoms with van der Waals surface area (Å²) in [5.74, 6) is -3.57. The molecule has 0 aliphatic rings. The van der Waals surface area contributed by atoms with Crippen LogP contribution in [0.3, 0.4) is 0 Å². The molecule has 0 bridgehead atoms. The summed E-state index contributed by atoms with van der Waals surface area (Å²) in [5, 5.41) is -0.332. The monoisotopic (exact) mass is 444 g/mol. The molecule has 0 atom stereocenters. The standard InChI is InChI=1S/C19H23ClF2N4O4/c1-10(2)9-26-16(23)15(17(27)24-19(26)29)25(5-4-6-30-3)18(28)11-7-13(21)14(22)8-12(11)20/h7-8,10H,4-6,9,23H2,1-3H3,(H,24,27,29). The third-order valence-corrected chi connectivity index (χ3v) is 4.56. The van der Waals surface area contributed by atoms with Gasteiger partial charge in [0.1, 0.15) is 5.82 Å². The molecule has 0 saturated carbocycles. The highest BCUT2D eigenvalue weighted by Gasteiger charge is 2.27. The van der Waals surface area contributed by atoms with E-state index in [1.807, 2.05) is 13.8 Å². The summed E-state index contributed by atoms with van der Waals surface area (Å²) in [6.07, 6.45) is 0.297. The second kappa shape index (κ2) is 9.86. The van der Waals surface area contributed by atoms with Gasteiger partial charge in [0.25, 0.3) is 11.5 Å². The first kappa shape index (κ1) is 23.6. The number of aromatic amines is 1. The van der Waals surface area contributed by atoms with Gasteiger partial charge in [-0.1, -0.05) is 25.4 Å². The minimum Gasteiger partial charge on any atom is -0.385 e. The normalized spacial score (nSPS) is 11.2. The first-order valence-electron chi connectivity index (χ1n) is 9.16. The van der Waals surface area contributed by atoms with Crippen molar-refractivity contribution in [2.45, 2.75) is 26.8 Å². The van der Waals surface area contributed by atoms with Crippen molar-refractivity contribution in [1.29, 1.82) is 0 Å². The summed E-state index contributed by atoms with van der Waals surface area (Å²) in [6, 6.07) is 1.32. The molecule has 0 saturated heterocycles. The van der Waals surface area contributed by atoms with Crippen molar-refractivity contribution < 1.29 is 18.3 Å². The Morgan fingerprint density at radius 2 is 1.93 bits per heavy atom. The molecule has 30 heavy (non-hydrogen) atoms. The van der Waals surface area contributed by atoms with Gasteiger partial charge in [-0.3, -0.25) is 19.1 Å². The van der Waals surface area contributed by atoms with Crippen LogP contribution in [0.5, 0.6) is 0 Å². The lowest BCUT2D eigenvalue weighted by Crippen LogP contribution is -2.42. The van der Waals surface area contributed by atoms with Gasteiger partial charge in [0.15, 0.2) is 17.3 Å². The average molecular weight is 445 g/mol. The third kappa shape index (κ3) is 5.06. The van der Waals surface area contributed by atoms with Crippen molar-refractivity contribution in [3.05, 3.63) is 55.2 Å². The number of halogens is 3. The van der Waals surface area contributed by atoms with E-state index >= 15 is 0 Å². The van der Waals surface area contributed by atoms with Crippen molar-refractivity contribution in [2.24, 2.45) is 5.92 Å². The zero-order chi connectivity index (χ0) is 22.6. The van der Waals surface area contributed by atoms with Crippen LogP contribution in [0.15, 0.2) is 21.7 Å². The number of nitrogens with one attached hydrogen (secondary N) is 1. The van der Waals surface area contributed by atoms with Crippen LogP contribution < -0.4 is 21.9 Å². The van der Waals surface area contributed by atoms with Gasteiger partial charge >= 0.3 is 5.69 Å². The number of aromatic nitrogens is 2. The van der Waals surface area contributed by atoms with E-state index in [1.165, 1.54) is 7.11 Å². The summed E-state index contributed by atoms with van der Waals surface area (Å²) < 4.78 is 33.3. The Kier molecular flexibility index (Phi) is 7.74. The molecular formula is C19H23ClF2N4O4. The smallest absolute Gasteiger partial charge is 0.330 e. The molecule has 11 heteroatoms. The van der Waals surface area contributed by atoms with Crippen molar-refractivity contribution in [2.75, 3.05) is 30.9 Å². The van der Waals surface area contributed by atoms with Crippen LogP contribution in [-0.2, 0) is 11.3 Å². The summed E-state index contributed by atoms with van der Waals surface area (Å²) in [4.78, 5) is 41.1. The summed E-state index contributed by atoms with van der Waals surface area (Å²) in [7, 11) is 1.46. The molecular weight excluding hydrogens is 422 g/mol. The number of H-pyrrole nitrogens is 1. The van der Waals surface area contributed by atoms with Crippen molar-refractivity contribution in [3.63, 3.8) is 0 Å². The molecule has 1 aromatic carbocycles. The Morgan fingerprint density at radius 1 is 1.30 bits per heavy atom. The molecule has 8 nitrogen and oxygen atoms in total. The van der Waals surface area contributed by atoms with Crippen LogP contribution in [0.2, 0.25) is 5.02 Å². The van der Waals surface area contributed by atoms with Gasteiger partial charge in [-0.15, -0.1) is 0 Å². The number of carbonyl (C=O) groups excluding carboxylic acids is 1. The molecule has 0 radical (unpaired) electrons. The Labute approximate surface area is 176 Å². The molecule has 0 spiro atoms. The summed E-state index contributed by atoms with van der Waals surface area (Å²) in [6.45, 7) is 4.09. The molecule has 1 amide bonds. The van der Waals surface area contributed by atoms with Gasteiger partial charge in [-0.25, -0.2) is 13.6 Å². The summed E-state index contributed by atoms with van der Waals surface area (Å²) in [5.41, 5.74) is 3.86. The Balaban J connectivity index is 2.66. The number of nitrogens with two attached hydrogens (primary N) is 1. The lowest BCUT2D eigenvalue weighted by atomic mass is 10.1. The number of hydrogen-bond donors (Lipinski definition) is 2. The van der Waals surface area contributed by atoms with E-state index in [0.717, 1.165) is 9.47 Å². The van der Waals surface area contributed by atoms with Crippen LogP contribution in [0.4, 0.5) is 20.3 Å². The first-order chi connectivity index (χ1) is 14.1. The fourth-order valence-corrected chi connectivity index (χ4v) is 3.13. The number of methoxy groups -OCH3 is 1. The van der Waals surface area contributed by atoms with Crippen molar-refractivity contribution >= 4 is 29.0 Å². The van der Waals surface area contributed by atoms with E-state index in [0.29, 0.717) is 18.6 Å². The maximum atomic E-state index is 13.7. The minimum atomic E-state index is -1.27.